The first-order valence-electron chi connectivity index (χ1n) is 11.1. The highest BCUT2D eigenvalue weighted by Crippen LogP contribution is 2.25. The summed E-state index contributed by atoms with van der Waals surface area (Å²) in [6, 6.07) is 25.1. The molecule has 1 aromatic heterocycles. The minimum Gasteiger partial charge on any atom is -0.430 e. The van der Waals surface area contributed by atoms with Gasteiger partial charge in [-0.2, -0.15) is 9.36 Å². The van der Waals surface area contributed by atoms with E-state index in [9.17, 15) is 4.79 Å². The predicted molar refractivity (Wildman–Crippen MR) is 135 cm³/mol. The number of hydrogen-bond donors (Lipinski definition) is 0. The molecule has 0 radical (unpaired) electrons. The van der Waals surface area contributed by atoms with E-state index in [2.05, 4.69) is 26.4 Å². The molecule has 5 rings (SSSR count). The maximum atomic E-state index is 13.0. The largest absolute Gasteiger partial charge is 0.430 e. The standard InChI is InChI=1S/C26H23ClN4O2S/c27-21-7-4-8-22(18-21)30-13-15-31(16-14-30)25(32)20-9-11-23(12-10-20)33-26-28-24(29-34-26)17-19-5-2-1-3-6-19/h1-12,18H,13-17H2. The molecule has 4 aromatic rings. The topological polar surface area (TPSA) is 58.6 Å². The molecule has 34 heavy (non-hydrogen) atoms. The minimum atomic E-state index is 0.0263. The third-order valence-electron chi connectivity index (χ3n) is 5.70. The summed E-state index contributed by atoms with van der Waals surface area (Å²) in [4.78, 5) is 21.6. The maximum absolute atomic E-state index is 13.0. The van der Waals surface area contributed by atoms with Crippen molar-refractivity contribution >= 4 is 34.7 Å². The quantitative estimate of drug-likeness (QED) is 0.355. The van der Waals surface area contributed by atoms with Crippen molar-refractivity contribution in [3.63, 3.8) is 0 Å². The second kappa shape index (κ2) is 10.2. The van der Waals surface area contributed by atoms with Crippen LogP contribution in [-0.4, -0.2) is 46.3 Å². The van der Waals surface area contributed by atoms with Crippen LogP contribution in [0.5, 0.6) is 10.9 Å². The van der Waals surface area contributed by atoms with Crippen LogP contribution in [0.4, 0.5) is 5.69 Å². The lowest BCUT2D eigenvalue weighted by Crippen LogP contribution is -2.48. The van der Waals surface area contributed by atoms with Gasteiger partial charge in [0.05, 0.1) is 0 Å². The molecule has 8 heteroatoms. The molecule has 3 aromatic carbocycles. The molecule has 2 heterocycles. The van der Waals surface area contributed by atoms with Crippen LogP contribution >= 0.6 is 23.1 Å². The summed E-state index contributed by atoms with van der Waals surface area (Å²) in [5, 5.41) is 1.21. The van der Waals surface area contributed by atoms with Gasteiger partial charge in [-0.3, -0.25) is 4.79 Å². The molecule has 1 saturated heterocycles. The zero-order valence-electron chi connectivity index (χ0n) is 18.4. The number of carbonyl (C=O) groups is 1. The molecule has 6 nitrogen and oxygen atoms in total. The van der Waals surface area contributed by atoms with Crippen LogP contribution in [0, 0.1) is 0 Å². The van der Waals surface area contributed by atoms with Crippen LogP contribution in [-0.2, 0) is 6.42 Å². The highest BCUT2D eigenvalue weighted by atomic mass is 35.5. The van der Waals surface area contributed by atoms with Gasteiger partial charge in [-0.25, -0.2) is 0 Å². The van der Waals surface area contributed by atoms with Crippen LogP contribution in [0.3, 0.4) is 0 Å². The Morgan fingerprint density at radius 3 is 2.44 bits per heavy atom. The molecule has 1 aliphatic rings. The Morgan fingerprint density at radius 1 is 0.941 bits per heavy atom. The van der Waals surface area contributed by atoms with Crippen LogP contribution in [0.15, 0.2) is 78.9 Å². The summed E-state index contributed by atoms with van der Waals surface area (Å²) in [5.41, 5.74) is 2.89. The van der Waals surface area contributed by atoms with Gasteiger partial charge in [0.2, 0.25) is 0 Å². The second-order valence-electron chi connectivity index (χ2n) is 8.02. The van der Waals surface area contributed by atoms with Gasteiger partial charge in [-0.1, -0.05) is 48.0 Å². The fourth-order valence-corrected chi connectivity index (χ4v) is 4.67. The molecule has 0 bridgehead atoms. The van der Waals surface area contributed by atoms with E-state index in [4.69, 9.17) is 16.3 Å². The van der Waals surface area contributed by atoms with Crippen LogP contribution in [0.25, 0.3) is 0 Å². The lowest BCUT2D eigenvalue weighted by molar-refractivity contribution is 0.0747. The van der Waals surface area contributed by atoms with Gasteiger partial charge < -0.3 is 14.5 Å². The first kappa shape index (κ1) is 22.4. The fraction of sp³-hybridized carbons (Fsp3) is 0.192. The van der Waals surface area contributed by atoms with Gasteiger partial charge in [0.1, 0.15) is 5.75 Å². The van der Waals surface area contributed by atoms with Crippen molar-refractivity contribution in [3.05, 3.63) is 101 Å². The number of hydrogen-bond acceptors (Lipinski definition) is 6. The molecule has 0 atom stereocenters. The third-order valence-corrected chi connectivity index (χ3v) is 6.57. The Labute approximate surface area is 207 Å². The summed E-state index contributed by atoms with van der Waals surface area (Å²) in [5.74, 6) is 1.39. The van der Waals surface area contributed by atoms with E-state index in [1.54, 1.807) is 24.3 Å². The summed E-state index contributed by atoms with van der Waals surface area (Å²) < 4.78 is 10.2. The maximum Gasteiger partial charge on any atom is 0.298 e. The molecule has 0 unspecified atom stereocenters. The predicted octanol–water partition coefficient (Wildman–Crippen LogP) is 5.54. The number of halogens is 1. The highest BCUT2D eigenvalue weighted by Gasteiger charge is 2.22. The van der Waals surface area contributed by atoms with Gasteiger partial charge in [0.25, 0.3) is 11.1 Å². The van der Waals surface area contributed by atoms with Gasteiger partial charge in [-0.05, 0) is 48.0 Å². The van der Waals surface area contributed by atoms with E-state index >= 15 is 0 Å². The fourth-order valence-electron chi connectivity index (χ4n) is 3.92. The Kier molecular flexibility index (Phi) is 6.74. The van der Waals surface area contributed by atoms with Crippen LogP contribution in [0.1, 0.15) is 21.7 Å². The van der Waals surface area contributed by atoms with E-state index in [1.165, 1.54) is 11.5 Å². The lowest BCUT2D eigenvalue weighted by atomic mass is 10.1. The second-order valence-corrected chi connectivity index (χ2v) is 9.18. The van der Waals surface area contributed by atoms with E-state index in [1.807, 2.05) is 47.4 Å². The minimum absolute atomic E-state index is 0.0263. The van der Waals surface area contributed by atoms with Crippen molar-refractivity contribution in [1.29, 1.82) is 0 Å². The molecular weight excluding hydrogens is 468 g/mol. The van der Waals surface area contributed by atoms with Gasteiger partial charge in [0, 0.05) is 60.4 Å². The average Bonchev–Trinajstić information content (AvgIpc) is 3.31. The average molecular weight is 491 g/mol. The normalized spacial score (nSPS) is 13.7. The molecular formula is C26H23ClN4O2S. The van der Waals surface area contributed by atoms with E-state index < -0.39 is 0 Å². The van der Waals surface area contributed by atoms with E-state index in [0.29, 0.717) is 36.0 Å². The number of amides is 1. The summed E-state index contributed by atoms with van der Waals surface area (Å²) >= 11 is 7.34. The van der Waals surface area contributed by atoms with E-state index in [-0.39, 0.29) is 5.91 Å². The number of piperazine rings is 1. The molecule has 172 valence electrons. The molecule has 1 fully saturated rings. The molecule has 1 aliphatic heterocycles. The van der Waals surface area contributed by atoms with Gasteiger partial charge in [0.15, 0.2) is 5.82 Å². The number of anilines is 1. The Bertz CT molecular complexity index is 1260. The molecule has 1 amide bonds. The number of aromatic nitrogens is 2. The van der Waals surface area contributed by atoms with Crippen molar-refractivity contribution in [2.24, 2.45) is 0 Å². The van der Waals surface area contributed by atoms with Crippen molar-refractivity contribution in [2.45, 2.75) is 6.42 Å². The van der Waals surface area contributed by atoms with Crippen molar-refractivity contribution in [3.8, 4) is 10.9 Å². The van der Waals surface area contributed by atoms with Gasteiger partial charge in [-0.15, -0.1) is 0 Å². The number of nitrogens with zero attached hydrogens (tertiary/aromatic N) is 4. The summed E-state index contributed by atoms with van der Waals surface area (Å²) in [7, 11) is 0. The molecule has 0 saturated carbocycles. The molecule has 0 N–H and O–H groups in total. The monoisotopic (exact) mass is 490 g/mol. The zero-order chi connectivity index (χ0) is 23.3. The van der Waals surface area contributed by atoms with Crippen LogP contribution < -0.4 is 9.64 Å². The zero-order valence-corrected chi connectivity index (χ0v) is 20.0. The molecule has 0 aliphatic carbocycles. The first-order valence-corrected chi connectivity index (χ1v) is 12.2. The first-order chi connectivity index (χ1) is 16.6. The third kappa shape index (κ3) is 5.38. The highest BCUT2D eigenvalue weighted by molar-refractivity contribution is 7.07. The smallest absolute Gasteiger partial charge is 0.298 e. The van der Waals surface area contributed by atoms with E-state index in [0.717, 1.165) is 35.2 Å². The molecule has 0 spiro atoms. The van der Waals surface area contributed by atoms with Crippen LogP contribution in [0.2, 0.25) is 5.02 Å². The number of rotatable bonds is 6. The van der Waals surface area contributed by atoms with Gasteiger partial charge >= 0.3 is 0 Å². The SMILES string of the molecule is O=C(c1ccc(Oc2nc(Cc3ccccc3)ns2)cc1)N1CCN(c2cccc(Cl)c2)CC1. The lowest BCUT2D eigenvalue weighted by Gasteiger charge is -2.36. The summed E-state index contributed by atoms with van der Waals surface area (Å²) in [6.45, 7) is 2.88. The van der Waals surface area contributed by atoms with Crippen molar-refractivity contribution < 1.29 is 9.53 Å². The van der Waals surface area contributed by atoms with Crippen molar-refractivity contribution in [2.75, 3.05) is 31.1 Å². The Morgan fingerprint density at radius 2 is 1.71 bits per heavy atom. The number of ether oxygens (including phenoxy) is 1. The number of carbonyl (C=O) groups excluding carboxylic acids is 1. The number of benzene rings is 3. The Hall–Kier alpha value is -3.42. The van der Waals surface area contributed by atoms with Crippen molar-refractivity contribution in [1.82, 2.24) is 14.3 Å². The Balaban J connectivity index is 1.16. The summed E-state index contributed by atoms with van der Waals surface area (Å²) in [6.07, 6.45) is 0.665.